The lowest BCUT2D eigenvalue weighted by Crippen LogP contribution is -2.54. The maximum Gasteiger partial charge on any atom is 0.0224 e. The third-order valence-corrected chi connectivity index (χ3v) is 3.74. The molecule has 0 aliphatic carbocycles. The largest absolute Gasteiger partial charge is 0.318 e. The average Bonchev–Trinajstić information content (AvgIpc) is 2.64. The van der Waals surface area contributed by atoms with Gasteiger partial charge in [0.25, 0.3) is 0 Å². The van der Waals surface area contributed by atoms with Crippen molar-refractivity contribution in [2.75, 3.05) is 39.8 Å². The van der Waals surface area contributed by atoms with Gasteiger partial charge in [-0.05, 0) is 33.4 Å². The predicted octanol–water partition coefficient (Wildman–Crippen LogP) is 0.374. The van der Waals surface area contributed by atoms with Crippen LogP contribution in [0.25, 0.3) is 0 Å². The summed E-state index contributed by atoms with van der Waals surface area (Å²) in [6.45, 7) is 8.65. The van der Waals surface area contributed by atoms with E-state index in [-0.39, 0.29) is 0 Å². The van der Waals surface area contributed by atoms with Crippen molar-refractivity contribution in [3.63, 3.8) is 0 Å². The maximum atomic E-state index is 3.27. The molecule has 0 aromatic heterocycles. The fourth-order valence-electron chi connectivity index (χ4n) is 2.84. The van der Waals surface area contributed by atoms with Gasteiger partial charge in [0.2, 0.25) is 0 Å². The molecule has 2 aliphatic heterocycles. The van der Waals surface area contributed by atoms with Crippen molar-refractivity contribution >= 4 is 0 Å². The van der Waals surface area contributed by atoms with Gasteiger partial charge in [-0.25, -0.2) is 0 Å². The third kappa shape index (κ3) is 2.10. The molecule has 82 valence electrons. The molecule has 0 radical (unpaired) electrons. The van der Waals surface area contributed by atoms with Gasteiger partial charge in [-0.2, -0.15) is 0 Å². The Morgan fingerprint density at radius 3 is 3.00 bits per heavy atom. The second kappa shape index (κ2) is 4.60. The Morgan fingerprint density at radius 1 is 1.36 bits per heavy atom. The number of likely N-dealkylation sites (N-methyl/N-ethyl adjacent to an activating group) is 1. The lowest BCUT2D eigenvalue weighted by Gasteiger charge is -2.40. The quantitative estimate of drug-likeness (QED) is 0.705. The molecule has 0 spiro atoms. The van der Waals surface area contributed by atoms with E-state index in [0.717, 1.165) is 12.6 Å². The van der Waals surface area contributed by atoms with Crippen molar-refractivity contribution in [2.45, 2.75) is 31.8 Å². The molecule has 2 fully saturated rings. The van der Waals surface area contributed by atoms with Gasteiger partial charge in [-0.1, -0.05) is 0 Å². The van der Waals surface area contributed by atoms with Crippen LogP contribution in [0.2, 0.25) is 0 Å². The first-order valence-electron chi connectivity index (χ1n) is 5.94. The topological polar surface area (TPSA) is 18.5 Å². The van der Waals surface area contributed by atoms with Crippen LogP contribution in [-0.4, -0.2) is 61.7 Å². The van der Waals surface area contributed by atoms with E-state index in [2.05, 4.69) is 22.0 Å². The first-order valence-corrected chi connectivity index (χ1v) is 5.94. The summed E-state index contributed by atoms with van der Waals surface area (Å²) in [5.41, 5.74) is 0. The highest BCUT2D eigenvalue weighted by atomic mass is 15.3. The summed E-state index contributed by atoms with van der Waals surface area (Å²) in [5, 5.41) is 3.27. The standard InChI is InChI=1S/C11H23N3/c1-10(8-12-2)14-7-6-13-5-3-4-11(13)9-14/h10-12H,3-9H2,1-2H3. The van der Waals surface area contributed by atoms with Crippen molar-refractivity contribution in [2.24, 2.45) is 0 Å². The van der Waals surface area contributed by atoms with Gasteiger partial charge in [0.15, 0.2) is 0 Å². The highest BCUT2D eigenvalue weighted by molar-refractivity contribution is 4.88. The molecule has 0 saturated carbocycles. The summed E-state index contributed by atoms with van der Waals surface area (Å²) >= 11 is 0. The van der Waals surface area contributed by atoms with Gasteiger partial charge in [-0.3, -0.25) is 9.80 Å². The number of nitrogens with zero attached hydrogens (tertiary/aromatic N) is 2. The molecule has 0 bridgehead atoms. The molecule has 2 saturated heterocycles. The van der Waals surface area contributed by atoms with Gasteiger partial charge in [0.05, 0.1) is 0 Å². The number of hydrogen-bond acceptors (Lipinski definition) is 3. The zero-order valence-corrected chi connectivity index (χ0v) is 9.50. The first kappa shape index (κ1) is 10.4. The molecule has 2 aliphatic rings. The summed E-state index contributed by atoms with van der Waals surface area (Å²) in [5.74, 6) is 0. The van der Waals surface area contributed by atoms with E-state index < -0.39 is 0 Å². The van der Waals surface area contributed by atoms with Crippen molar-refractivity contribution in [1.29, 1.82) is 0 Å². The van der Waals surface area contributed by atoms with E-state index in [0.29, 0.717) is 6.04 Å². The molecular weight excluding hydrogens is 174 g/mol. The Bertz CT molecular complexity index is 183. The van der Waals surface area contributed by atoms with Gasteiger partial charge in [0, 0.05) is 38.3 Å². The van der Waals surface area contributed by atoms with Crippen LogP contribution in [0.15, 0.2) is 0 Å². The van der Waals surface area contributed by atoms with Crippen molar-refractivity contribution in [3.05, 3.63) is 0 Å². The van der Waals surface area contributed by atoms with E-state index in [4.69, 9.17) is 0 Å². The van der Waals surface area contributed by atoms with E-state index in [1.165, 1.54) is 39.0 Å². The molecule has 0 aromatic rings. The van der Waals surface area contributed by atoms with Gasteiger partial charge >= 0.3 is 0 Å². The average molecular weight is 197 g/mol. The van der Waals surface area contributed by atoms with Crippen LogP contribution in [0.3, 0.4) is 0 Å². The van der Waals surface area contributed by atoms with E-state index in [1.54, 1.807) is 0 Å². The number of rotatable bonds is 3. The minimum atomic E-state index is 0.697. The molecule has 2 unspecified atom stereocenters. The van der Waals surface area contributed by atoms with Crippen LogP contribution in [0.1, 0.15) is 19.8 Å². The molecule has 1 N–H and O–H groups in total. The summed E-state index contributed by atoms with van der Waals surface area (Å²) < 4.78 is 0. The van der Waals surface area contributed by atoms with Gasteiger partial charge in [-0.15, -0.1) is 0 Å². The molecule has 3 nitrogen and oxygen atoms in total. The zero-order valence-electron chi connectivity index (χ0n) is 9.50. The lowest BCUT2D eigenvalue weighted by molar-refractivity contribution is 0.0775. The van der Waals surface area contributed by atoms with E-state index in [1.807, 2.05) is 7.05 Å². The predicted molar refractivity (Wildman–Crippen MR) is 59.6 cm³/mol. The molecule has 3 heteroatoms. The van der Waals surface area contributed by atoms with Crippen molar-refractivity contribution in [3.8, 4) is 0 Å². The lowest BCUT2D eigenvalue weighted by atomic mass is 10.1. The Labute approximate surface area is 87.4 Å². The second-order valence-electron chi connectivity index (χ2n) is 4.73. The molecule has 2 atom stereocenters. The Kier molecular flexibility index (Phi) is 3.42. The summed E-state index contributed by atoms with van der Waals surface area (Å²) in [7, 11) is 2.04. The normalized spacial score (nSPS) is 31.7. The van der Waals surface area contributed by atoms with E-state index >= 15 is 0 Å². The van der Waals surface area contributed by atoms with Crippen molar-refractivity contribution < 1.29 is 0 Å². The Balaban J connectivity index is 1.84. The number of hydrogen-bond donors (Lipinski definition) is 1. The van der Waals surface area contributed by atoms with Gasteiger partial charge < -0.3 is 5.32 Å². The number of nitrogens with one attached hydrogen (secondary N) is 1. The van der Waals surface area contributed by atoms with Crippen LogP contribution in [0, 0.1) is 0 Å². The minimum Gasteiger partial charge on any atom is -0.318 e. The molecule has 0 aromatic carbocycles. The molecular formula is C11H23N3. The van der Waals surface area contributed by atoms with Crippen molar-refractivity contribution in [1.82, 2.24) is 15.1 Å². The highest BCUT2D eigenvalue weighted by Gasteiger charge is 2.31. The van der Waals surface area contributed by atoms with Crippen LogP contribution < -0.4 is 5.32 Å². The summed E-state index contributed by atoms with van der Waals surface area (Å²) in [4.78, 5) is 5.31. The molecule has 2 heterocycles. The summed E-state index contributed by atoms with van der Waals surface area (Å²) in [6, 6.07) is 1.56. The minimum absolute atomic E-state index is 0.697. The molecule has 0 amide bonds. The molecule has 14 heavy (non-hydrogen) atoms. The van der Waals surface area contributed by atoms with Crippen LogP contribution in [0.5, 0.6) is 0 Å². The number of fused-ring (bicyclic) bond motifs is 1. The van der Waals surface area contributed by atoms with Gasteiger partial charge in [0.1, 0.15) is 0 Å². The van der Waals surface area contributed by atoms with E-state index in [9.17, 15) is 0 Å². The smallest absolute Gasteiger partial charge is 0.0224 e. The maximum absolute atomic E-state index is 3.27. The molecule has 2 rings (SSSR count). The second-order valence-corrected chi connectivity index (χ2v) is 4.73. The van der Waals surface area contributed by atoms with Crippen LogP contribution in [0.4, 0.5) is 0 Å². The SMILES string of the molecule is CNCC(C)N1CCN2CCCC2C1. The van der Waals surface area contributed by atoms with Crippen LogP contribution in [-0.2, 0) is 0 Å². The summed E-state index contributed by atoms with van der Waals surface area (Å²) in [6.07, 6.45) is 2.84. The monoisotopic (exact) mass is 197 g/mol. The number of piperazine rings is 1. The third-order valence-electron chi connectivity index (χ3n) is 3.74. The first-order chi connectivity index (χ1) is 6.81. The highest BCUT2D eigenvalue weighted by Crippen LogP contribution is 2.22. The fourth-order valence-corrected chi connectivity index (χ4v) is 2.84. The zero-order chi connectivity index (χ0) is 9.97. The van der Waals surface area contributed by atoms with Crippen LogP contribution >= 0.6 is 0 Å². The fraction of sp³-hybridized carbons (Fsp3) is 1.00. The Morgan fingerprint density at radius 2 is 2.21 bits per heavy atom. The Hall–Kier alpha value is -0.120.